The van der Waals surface area contributed by atoms with E-state index in [9.17, 15) is 0 Å². The Morgan fingerprint density at radius 2 is 0.755 bits per heavy atom. The number of H-pyrrole nitrogens is 2. The molecular weight excluding hydrogens is 645 g/mol. The topological polar surface area (TPSA) is 57.4 Å². The molecule has 0 atom stereocenters. The number of aryl methyl sites for hydroxylation is 3. The Labute approximate surface area is 309 Å². The Bertz CT molecular complexity index is 2780. The highest BCUT2D eigenvalue weighted by atomic mass is 14.8. The van der Waals surface area contributed by atoms with Crippen LogP contribution in [0.3, 0.4) is 0 Å². The van der Waals surface area contributed by atoms with Crippen molar-refractivity contribution in [3.8, 4) is 45.2 Å². The third kappa shape index (κ3) is 6.20. The lowest BCUT2D eigenvalue weighted by Crippen LogP contribution is -1.90. The monoisotopic (exact) mass is 680 g/mol. The van der Waals surface area contributed by atoms with Crippen molar-refractivity contribution in [1.82, 2.24) is 19.9 Å². The average Bonchev–Trinajstić information content (AvgIpc) is 4.02. The molecule has 9 rings (SSSR count). The van der Waals surface area contributed by atoms with Crippen molar-refractivity contribution < 1.29 is 0 Å². The maximum absolute atomic E-state index is 5.39. The lowest BCUT2D eigenvalue weighted by atomic mass is 10.0. The van der Waals surface area contributed by atoms with E-state index in [4.69, 9.17) is 9.97 Å². The lowest BCUT2D eigenvalue weighted by molar-refractivity contribution is 1.30. The van der Waals surface area contributed by atoms with E-state index < -0.39 is 0 Å². The zero-order chi connectivity index (χ0) is 35.9. The van der Waals surface area contributed by atoms with Gasteiger partial charge < -0.3 is 9.97 Å². The van der Waals surface area contributed by atoms with Crippen molar-refractivity contribution in [2.75, 3.05) is 0 Å². The lowest BCUT2D eigenvalue weighted by Gasteiger charge is -2.07. The van der Waals surface area contributed by atoms with E-state index in [1.54, 1.807) is 0 Å². The number of aromatic amines is 2. The van der Waals surface area contributed by atoms with Gasteiger partial charge in [0.25, 0.3) is 0 Å². The minimum Gasteiger partial charge on any atom is -0.354 e. The molecule has 0 aliphatic carbocycles. The Hall–Kier alpha value is -6.96. The van der Waals surface area contributed by atoms with Crippen molar-refractivity contribution in [3.05, 3.63) is 178 Å². The number of benzene rings is 4. The van der Waals surface area contributed by atoms with Crippen molar-refractivity contribution >= 4 is 46.4 Å². The molecule has 7 aromatic rings. The van der Waals surface area contributed by atoms with Gasteiger partial charge in [0.15, 0.2) is 0 Å². The molecule has 53 heavy (non-hydrogen) atoms. The van der Waals surface area contributed by atoms with Crippen LogP contribution in [-0.2, 0) is 0 Å². The van der Waals surface area contributed by atoms with Gasteiger partial charge in [-0.05, 0) is 98.2 Å². The zero-order valence-corrected chi connectivity index (χ0v) is 29.8. The first kappa shape index (κ1) is 32.0. The summed E-state index contributed by atoms with van der Waals surface area (Å²) >= 11 is 0. The Morgan fingerprint density at radius 1 is 0.377 bits per heavy atom. The van der Waals surface area contributed by atoms with Crippen molar-refractivity contribution in [2.45, 2.75) is 20.8 Å². The van der Waals surface area contributed by atoms with E-state index in [-0.39, 0.29) is 0 Å². The predicted molar refractivity (Wildman–Crippen MR) is 222 cm³/mol. The SMILES string of the molecule is Cc1ccc(-c2c3nc(c(-c4ccc(C)cc4)c4ccc([nH]4)c(-c4ccc(C)cc4)c4nc(c(C#Cc5ccccc5)c5ccc2[nH]5)C=C4)C=C3)cc1. The van der Waals surface area contributed by atoms with E-state index in [1.165, 1.54) is 16.7 Å². The van der Waals surface area contributed by atoms with Gasteiger partial charge >= 0.3 is 0 Å². The third-order valence-corrected chi connectivity index (χ3v) is 9.88. The second-order valence-electron chi connectivity index (χ2n) is 13.7. The van der Waals surface area contributed by atoms with Crippen molar-refractivity contribution in [2.24, 2.45) is 0 Å². The van der Waals surface area contributed by atoms with Gasteiger partial charge in [0.1, 0.15) is 0 Å². The largest absolute Gasteiger partial charge is 0.354 e. The molecule has 4 heteroatoms. The summed E-state index contributed by atoms with van der Waals surface area (Å²) in [6.07, 6.45) is 8.46. The van der Waals surface area contributed by atoms with Crippen LogP contribution in [0.2, 0.25) is 0 Å². The standard InChI is InChI=1S/C49H36N4/c1-31-9-16-35(17-10-31)47-41-25-23-39(50-41)38(22-15-34-7-5-4-6-8-34)40-24-26-42(51-40)48(36-18-11-32(2)12-19-36)44-28-30-46(53-44)49(45-29-27-43(47)52-45)37-20-13-33(3)14-21-37/h4-14,16-21,23-30,50,53H,1-3H3. The molecule has 2 aliphatic rings. The van der Waals surface area contributed by atoms with Crippen LogP contribution in [0.15, 0.2) is 127 Å². The first-order chi connectivity index (χ1) is 26.0. The fraction of sp³-hybridized carbons (Fsp3) is 0.0612. The number of nitrogens with zero attached hydrogens (tertiary/aromatic N) is 2. The fourth-order valence-corrected chi connectivity index (χ4v) is 7.07. The maximum atomic E-state index is 5.39. The van der Waals surface area contributed by atoms with Crippen molar-refractivity contribution in [1.29, 1.82) is 0 Å². The number of nitrogens with one attached hydrogen (secondary N) is 2. The minimum atomic E-state index is 0.804. The van der Waals surface area contributed by atoms with E-state index in [0.717, 1.165) is 89.4 Å². The summed E-state index contributed by atoms with van der Waals surface area (Å²) in [6.45, 7) is 6.34. The van der Waals surface area contributed by atoms with E-state index in [0.29, 0.717) is 0 Å². The number of fused-ring (bicyclic) bond motifs is 8. The Morgan fingerprint density at radius 3 is 1.21 bits per heavy atom. The molecule has 2 aliphatic heterocycles. The predicted octanol–water partition coefficient (Wildman–Crippen LogP) is 12.0. The van der Waals surface area contributed by atoms with E-state index in [1.807, 2.05) is 30.3 Å². The molecule has 0 fully saturated rings. The number of hydrogen-bond donors (Lipinski definition) is 2. The van der Waals surface area contributed by atoms with Crippen LogP contribution in [0.25, 0.3) is 79.8 Å². The maximum Gasteiger partial charge on any atom is 0.0815 e. The molecule has 4 nitrogen and oxygen atoms in total. The van der Waals surface area contributed by atoms with Gasteiger partial charge in [-0.15, -0.1) is 0 Å². The van der Waals surface area contributed by atoms with Gasteiger partial charge in [-0.2, -0.15) is 0 Å². The molecule has 0 unspecified atom stereocenters. The highest BCUT2D eigenvalue weighted by Gasteiger charge is 2.18. The molecule has 5 heterocycles. The summed E-state index contributed by atoms with van der Waals surface area (Å²) < 4.78 is 0. The van der Waals surface area contributed by atoms with Crippen LogP contribution in [0.1, 0.15) is 50.6 Å². The number of hydrogen-bond acceptors (Lipinski definition) is 2. The quantitative estimate of drug-likeness (QED) is 0.183. The number of rotatable bonds is 3. The molecule has 3 aromatic heterocycles. The van der Waals surface area contributed by atoms with Crippen LogP contribution in [0, 0.1) is 32.6 Å². The smallest absolute Gasteiger partial charge is 0.0815 e. The zero-order valence-electron chi connectivity index (χ0n) is 29.8. The molecule has 0 saturated carbocycles. The van der Waals surface area contributed by atoms with Crippen LogP contribution in [-0.4, -0.2) is 19.9 Å². The fourth-order valence-electron chi connectivity index (χ4n) is 7.07. The third-order valence-electron chi connectivity index (χ3n) is 9.88. The summed E-state index contributed by atoms with van der Waals surface area (Å²) in [6, 6.07) is 44.7. The first-order valence-corrected chi connectivity index (χ1v) is 17.9. The van der Waals surface area contributed by atoms with Gasteiger partial charge in [0.05, 0.1) is 33.9 Å². The van der Waals surface area contributed by atoms with Crippen LogP contribution >= 0.6 is 0 Å². The molecule has 0 radical (unpaired) electrons. The molecule has 0 spiro atoms. The molecule has 8 bridgehead atoms. The normalized spacial score (nSPS) is 11.8. The molecule has 0 amide bonds. The minimum absolute atomic E-state index is 0.804. The van der Waals surface area contributed by atoms with Crippen LogP contribution in [0.5, 0.6) is 0 Å². The van der Waals surface area contributed by atoms with Crippen molar-refractivity contribution in [3.63, 3.8) is 0 Å². The Balaban J connectivity index is 1.44. The first-order valence-electron chi connectivity index (χ1n) is 17.9. The Kier molecular flexibility index (Phi) is 8.03. The molecule has 0 saturated heterocycles. The van der Waals surface area contributed by atoms with Crippen LogP contribution in [0.4, 0.5) is 0 Å². The summed E-state index contributed by atoms with van der Waals surface area (Å²) in [5.41, 5.74) is 19.0. The van der Waals surface area contributed by atoms with Gasteiger partial charge in [0.2, 0.25) is 0 Å². The highest BCUT2D eigenvalue weighted by Crippen LogP contribution is 2.37. The second-order valence-corrected chi connectivity index (χ2v) is 13.7. The summed E-state index contributed by atoms with van der Waals surface area (Å²) in [4.78, 5) is 18.3. The van der Waals surface area contributed by atoms with Gasteiger partial charge in [0, 0.05) is 38.8 Å². The van der Waals surface area contributed by atoms with Crippen LogP contribution < -0.4 is 0 Å². The summed E-state index contributed by atoms with van der Waals surface area (Å²) in [5.74, 6) is 6.92. The van der Waals surface area contributed by atoms with Gasteiger partial charge in [-0.25, -0.2) is 9.97 Å². The summed E-state index contributed by atoms with van der Waals surface area (Å²) in [7, 11) is 0. The van der Waals surface area contributed by atoms with E-state index >= 15 is 0 Å². The molecule has 2 N–H and O–H groups in total. The second kappa shape index (κ2) is 13.3. The van der Waals surface area contributed by atoms with E-state index in [2.05, 4.69) is 164 Å². The highest BCUT2D eigenvalue weighted by molar-refractivity contribution is 5.98. The van der Waals surface area contributed by atoms with Gasteiger partial charge in [-0.3, -0.25) is 0 Å². The molecule has 252 valence electrons. The molecule has 4 aromatic carbocycles. The van der Waals surface area contributed by atoms with Gasteiger partial charge in [-0.1, -0.05) is 120 Å². The number of aromatic nitrogens is 4. The summed E-state index contributed by atoms with van der Waals surface area (Å²) in [5, 5.41) is 0. The average molecular weight is 681 g/mol. The molecular formula is C49H36N4.